The molecule has 1 amide bonds. The molecule has 2 N–H and O–H groups in total. The standard InChI is InChI=1S/C22H42N2O3/c1-6-22(7-2,13-15-25)16-23-18-11-8-10-17(18)19-12-9-14-24(19)20(26)27-21(3,4)5/h17-19,23,25H,6-16H2,1-5H3/t17-,18-,19+/m1/s1. The zero-order valence-electron chi connectivity index (χ0n) is 18.2. The van der Waals surface area contributed by atoms with Gasteiger partial charge in [0.2, 0.25) is 0 Å². The van der Waals surface area contributed by atoms with E-state index < -0.39 is 5.60 Å². The quantitative estimate of drug-likeness (QED) is 0.656. The Kier molecular flexibility index (Phi) is 7.99. The van der Waals surface area contributed by atoms with Crippen molar-refractivity contribution in [3.8, 4) is 0 Å². The van der Waals surface area contributed by atoms with Gasteiger partial charge in [0.1, 0.15) is 5.60 Å². The van der Waals surface area contributed by atoms with Crippen molar-refractivity contribution in [2.24, 2.45) is 11.3 Å². The van der Waals surface area contributed by atoms with Crippen LogP contribution in [0.5, 0.6) is 0 Å². The summed E-state index contributed by atoms with van der Waals surface area (Å²) in [6.07, 6.45) is 8.65. The van der Waals surface area contributed by atoms with Gasteiger partial charge < -0.3 is 20.1 Å². The van der Waals surface area contributed by atoms with E-state index in [-0.39, 0.29) is 18.1 Å². The van der Waals surface area contributed by atoms with Crippen molar-refractivity contribution < 1.29 is 14.6 Å². The Morgan fingerprint density at radius 1 is 1.15 bits per heavy atom. The second-order valence-electron chi connectivity index (χ2n) is 9.65. The molecule has 1 heterocycles. The third kappa shape index (κ3) is 5.83. The van der Waals surface area contributed by atoms with E-state index in [1.807, 2.05) is 25.7 Å². The third-order valence-corrected chi connectivity index (χ3v) is 6.87. The first kappa shape index (κ1) is 22.5. The molecule has 1 saturated carbocycles. The minimum Gasteiger partial charge on any atom is -0.444 e. The Labute approximate surface area is 166 Å². The van der Waals surface area contributed by atoms with E-state index in [4.69, 9.17) is 4.74 Å². The van der Waals surface area contributed by atoms with Crippen LogP contribution in [0.2, 0.25) is 0 Å². The van der Waals surface area contributed by atoms with Gasteiger partial charge in [-0.1, -0.05) is 20.3 Å². The van der Waals surface area contributed by atoms with Gasteiger partial charge in [0.15, 0.2) is 0 Å². The molecule has 0 bridgehead atoms. The summed E-state index contributed by atoms with van der Waals surface area (Å²) in [5.41, 5.74) is -0.258. The first-order valence-electron chi connectivity index (χ1n) is 11.1. The van der Waals surface area contributed by atoms with Crippen LogP contribution in [-0.4, -0.2) is 53.5 Å². The maximum absolute atomic E-state index is 12.7. The fourth-order valence-corrected chi connectivity index (χ4v) is 5.01. The predicted molar refractivity (Wildman–Crippen MR) is 110 cm³/mol. The van der Waals surface area contributed by atoms with Crippen molar-refractivity contribution in [1.82, 2.24) is 10.2 Å². The Balaban J connectivity index is 2.01. The molecular formula is C22H42N2O3. The summed E-state index contributed by atoms with van der Waals surface area (Å²) in [6, 6.07) is 0.768. The van der Waals surface area contributed by atoms with Crippen molar-refractivity contribution in [3.63, 3.8) is 0 Å². The molecule has 0 aromatic heterocycles. The molecule has 158 valence electrons. The molecule has 5 nitrogen and oxygen atoms in total. The topological polar surface area (TPSA) is 61.8 Å². The molecule has 1 aliphatic heterocycles. The molecule has 1 saturated heterocycles. The number of aliphatic hydroxyl groups is 1. The first-order chi connectivity index (χ1) is 12.7. The van der Waals surface area contributed by atoms with Crippen molar-refractivity contribution >= 4 is 6.09 Å². The van der Waals surface area contributed by atoms with Crippen LogP contribution in [0.25, 0.3) is 0 Å². The fourth-order valence-electron chi connectivity index (χ4n) is 5.01. The van der Waals surface area contributed by atoms with E-state index in [0.29, 0.717) is 18.0 Å². The average Bonchev–Trinajstić information content (AvgIpc) is 3.25. The minimum absolute atomic E-state index is 0.146. The number of likely N-dealkylation sites (tertiary alicyclic amines) is 1. The smallest absolute Gasteiger partial charge is 0.410 e. The summed E-state index contributed by atoms with van der Waals surface area (Å²) < 4.78 is 5.67. The van der Waals surface area contributed by atoms with Crippen molar-refractivity contribution in [2.45, 2.75) is 104 Å². The van der Waals surface area contributed by atoms with Gasteiger partial charge in [-0.3, -0.25) is 0 Å². The van der Waals surface area contributed by atoms with Gasteiger partial charge in [-0.25, -0.2) is 4.79 Å². The van der Waals surface area contributed by atoms with E-state index >= 15 is 0 Å². The van der Waals surface area contributed by atoms with E-state index in [2.05, 4.69) is 19.2 Å². The molecule has 2 aliphatic rings. The molecule has 1 aliphatic carbocycles. The van der Waals surface area contributed by atoms with Crippen molar-refractivity contribution in [3.05, 3.63) is 0 Å². The number of ether oxygens (including phenoxy) is 1. The molecule has 0 radical (unpaired) electrons. The maximum Gasteiger partial charge on any atom is 0.410 e. The van der Waals surface area contributed by atoms with Gasteiger partial charge in [0, 0.05) is 31.8 Å². The largest absolute Gasteiger partial charge is 0.444 e. The van der Waals surface area contributed by atoms with E-state index in [9.17, 15) is 9.90 Å². The van der Waals surface area contributed by atoms with Gasteiger partial charge in [0.25, 0.3) is 0 Å². The lowest BCUT2D eigenvalue weighted by molar-refractivity contribution is 0.0163. The molecule has 5 heteroatoms. The first-order valence-corrected chi connectivity index (χ1v) is 11.1. The number of amides is 1. The van der Waals surface area contributed by atoms with E-state index in [1.165, 1.54) is 19.3 Å². The summed E-state index contributed by atoms with van der Waals surface area (Å²) in [4.78, 5) is 14.7. The molecule has 2 rings (SSSR count). The van der Waals surface area contributed by atoms with Gasteiger partial charge in [-0.05, 0) is 77.0 Å². The van der Waals surface area contributed by atoms with Gasteiger partial charge in [0.05, 0.1) is 0 Å². The maximum atomic E-state index is 12.7. The van der Waals surface area contributed by atoms with Gasteiger partial charge in [-0.2, -0.15) is 0 Å². The van der Waals surface area contributed by atoms with Crippen LogP contribution in [0.15, 0.2) is 0 Å². The molecular weight excluding hydrogens is 340 g/mol. The number of aliphatic hydroxyl groups excluding tert-OH is 1. The van der Waals surface area contributed by atoms with E-state index in [1.54, 1.807) is 0 Å². The van der Waals surface area contributed by atoms with Crippen LogP contribution < -0.4 is 5.32 Å². The second-order valence-corrected chi connectivity index (χ2v) is 9.65. The van der Waals surface area contributed by atoms with Crippen LogP contribution >= 0.6 is 0 Å². The number of hydrogen-bond acceptors (Lipinski definition) is 4. The second kappa shape index (κ2) is 9.60. The van der Waals surface area contributed by atoms with Crippen LogP contribution in [0.1, 0.15) is 86.0 Å². The molecule has 27 heavy (non-hydrogen) atoms. The highest BCUT2D eigenvalue weighted by Gasteiger charge is 2.42. The van der Waals surface area contributed by atoms with Crippen molar-refractivity contribution in [1.29, 1.82) is 0 Å². The number of rotatable bonds is 8. The number of nitrogens with one attached hydrogen (secondary N) is 1. The number of carbonyl (C=O) groups excluding carboxylic acids is 1. The van der Waals surface area contributed by atoms with Crippen molar-refractivity contribution in [2.75, 3.05) is 19.7 Å². The van der Waals surface area contributed by atoms with Crippen LogP contribution in [-0.2, 0) is 4.74 Å². The lowest BCUT2D eigenvalue weighted by Crippen LogP contribution is -2.49. The monoisotopic (exact) mass is 382 g/mol. The summed E-state index contributed by atoms with van der Waals surface area (Å²) in [5, 5.41) is 13.3. The summed E-state index contributed by atoms with van der Waals surface area (Å²) in [7, 11) is 0. The molecule has 3 atom stereocenters. The van der Waals surface area contributed by atoms with Crippen LogP contribution in [0.4, 0.5) is 4.79 Å². The lowest BCUT2D eigenvalue weighted by Gasteiger charge is -2.37. The summed E-state index contributed by atoms with van der Waals surface area (Å²) >= 11 is 0. The lowest BCUT2D eigenvalue weighted by atomic mass is 9.79. The van der Waals surface area contributed by atoms with E-state index in [0.717, 1.165) is 45.2 Å². The zero-order chi connectivity index (χ0) is 20.1. The molecule has 0 spiro atoms. The Morgan fingerprint density at radius 2 is 1.85 bits per heavy atom. The molecule has 0 aromatic rings. The normalized spacial score (nSPS) is 26.6. The zero-order valence-corrected chi connectivity index (χ0v) is 18.2. The number of carbonyl (C=O) groups is 1. The average molecular weight is 383 g/mol. The minimum atomic E-state index is -0.441. The number of nitrogens with zero attached hydrogens (tertiary/aromatic N) is 1. The molecule has 2 fully saturated rings. The number of hydrogen-bond donors (Lipinski definition) is 2. The molecule has 0 unspecified atom stereocenters. The Bertz CT molecular complexity index is 471. The third-order valence-electron chi connectivity index (χ3n) is 6.87. The van der Waals surface area contributed by atoms with Gasteiger partial charge >= 0.3 is 6.09 Å². The van der Waals surface area contributed by atoms with Gasteiger partial charge in [-0.15, -0.1) is 0 Å². The highest BCUT2D eigenvalue weighted by Crippen LogP contribution is 2.38. The summed E-state index contributed by atoms with van der Waals surface area (Å²) in [5.74, 6) is 0.514. The predicted octanol–water partition coefficient (Wildman–Crippen LogP) is 4.33. The van der Waals surface area contributed by atoms with Crippen LogP contribution in [0, 0.1) is 11.3 Å². The highest BCUT2D eigenvalue weighted by atomic mass is 16.6. The molecule has 0 aromatic carbocycles. The Hall–Kier alpha value is -0.810. The fraction of sp³-hybridized carbons (Fsp3) is 0.955. The Morgan fingerprint density at radius 3 is 2.44 bits per heavy atom. The summed E-state index contributed by atoms with van der Waals surface area (Å²) in [6.45, 7) is 12.3. The van der Waals surface area contributed by atoms with Crippen LogP contribution in [0.3, 0.4) is 0 Å². The highest BCUT2D eigenvalue weighted by molar-refractivity contribution is 5.69. The SMILES string of the molecule is CCC(CC)(CCO)CN[C@@H]1CCC[C@H]1[C@@H]1CCCN1C(=O)OC(C)(C)C.